The first-order chi connectivity index (χ1) is 15.0. The van der Waals surface area contributed by atoms with Gasteiger partial charge in [-0.15, -0.1) is 0 Å². The number of oxazole rings is 1. The molecule has 2 aromatic carbocycles. The summed E-state index contributed by atoms with van der Waals surface area (Å²) in [5.41, 5.74) is 4.50. The fourth-order valence-corrected chi connectivity index (χ4v) is 4.36. The summed E-state index contributed by atoms with van der Waals surface area (Å²) in [4.78, 5) is 9.00. The lowest BCUT2D eigenvalue weighted by Crippen LogP contribution is -2.12. The van der Waals surface area contributed by atoms with Crippen molar-refractivity contribution in [1.29, 1.82) is 0 Å². The lowest BCUT2D eigenvalue weighted by Gasteiger charge is -2.09. The second-order valence-corrected chi connectivity index (χ2v) is 8.73. The number of nitrogens with one attached hydrogen (secondary N) is 1. The molecule has 3 heterocycles. The van der Waals surface area contributed by atoms with Crippen molar-refractivity contribution in [3.05, 3.63) is 91.3 Å². The van der Waals surface area contributed by atoms with Crippen LogP contribution in [0.15, 0.2) is 94.7 Å². The average Bonchev–Trinajstić information content (AvgIpc) is 3.40. The zero-order chi connectivity index (χ0) is 21.4. The minimum Gasteiger partial charge on any atom is -0.449 e. The molecule has 0 unspecified atom stereocenters. The molecule has 0 atom stereocenters. The molecule has 3 aromatic heterocycles. The predicted octanol–water partition coefficient (Wildman–Crippen LogP) is 4.77. The van der Waals surface area contributed by atoms with Gasteiger partial charge < -0.3 is 8.82 Å². The Balaban J connectivity index is 1.35. The molecule has 0 amide bonds. The van der Waals surface area contributed by atoms with Gasteiger partial charge in [0.15, 0.2) is 5.89 Å². The summed E-state index contributed by atoms with van der Waals surface area (Å²) >= 11 is 0. The predicted molar refractivity (Wildman–Crippen MR) is 118 cm³/mol. The van der Waals surface area contributed by atoms with Crippen molar-refractivity contribution in [1.82, 2.24) is 14.4 Å². The fraction of sp³-hybridized carbons (Fsp3) is 0.0435. The van der Waals surface area contributed by atoms with Gasteiger partial charge in [0.1, 0.15) is 17.6 Å². The molecule has 0 bridgehead atoms. The first kappa shape index (κ1) is 19.1. The van der Waals surface area contributed by atoms with Crippen LogP contribution in [0, 0.1) is 6.92 Å². The van der Waals surface area contributed by atoms with E-state index in [0.29, 0.717) is 17.3 Å². The van der Waals surface area contributed by atoms with Gasteiger partial charge in [0, 0.05) is 36.1 Å². The van der Waals surface area contributed by atoms with Crippen molar-refractivity contribution in [3.8, 4) is 22.5 Å². The maximum Gasteiger partial charge on any atom is 0.261 e. The number of nitrogens with zero attached hydrogens (tertiary/aromatic N) is 3. The third kappa shape index (κ3) is 3.80. The van der Waals surface area contributed by atoms with Crippen molar-refractivity contribution < 1.29 is 12.8 Å². The van der Waals surface area contributed by atoms with Crippen LogP contribution in [-0.4, -0.2) is 22.8 Å². The molecular weight excluding hydrogens is 412 g/mol. The molecule has 0 aliphatic heterocycles. The van der Waals surface area contributed by atoms with Gasteiger partial charge in [0.25, 0.3) is 10.0 Å². The summed E-state index contributed by atoms with van der Waals surface area (Å²) in [6.45, 7) is 1.76. The van der Waals surface area contributed by atoms with E-state index >= 15 is 0 Å². The number of anilines is 1. The van der Waals surface area contributed by atoms with Crippen LogP contribution in [0.25, 0.3) is 28.2 Å². The van der Waals surface area contributed by atoms with E-state index in [0.717, 1.165) is 22.5 Å². The lowest BCUT2D eigenvalue weighted by atomic mass is 10.1. The van der Waals surface area contributed by atoms with Gasteiger partial charge in [-0.25, -0.2) is 18.4 Å². The number of benzene rings is 2. The van der Waals surface area contributed by atoms with E-state index in [1.807, 2.05) is 47.1 Å². The Morgan fingerprint density at radius 2 is 1.58 bits per heavy atom. The van der Waals surface area contributed by atoms with Crippen molar-refractivity contribution in [2.24, 2.45) is 0 Å². The zero-order valence-corrected chi connectivity index (χ0v) is 17.4. The molecular formula is C23H18N4O3S. The Kier molecular flexibility index (Phi) is 4.56. The summed E-state index contributed by atoms with van der Waals surface area (Å²) in [7, 11) is -3.72. The van der Waals surface area contributed by atoms with E-state index in [1.54, 1.807) is 49.6 Å². The maximum atomic E-state index is 12.8. The number of aromatic nitrogens is 3. The van der Waals surface area contributed by atoms with Gasteiger partial charge in [0.2, 0.25) is 0 Å². The van der Waals surface area contributed by atoms with Crippen LogP contribution in [0.5, 0.6) is 0 Å². The topological polar surface area (TPSA) is 89.5 Å². The fourth-order valence-electron chi connectivity index (χ4n) is 3.30. The molecule has 0 radical (unpaired) electrons. The molecule has 0 aliphatic carbocycles. The second-order valence-electron chi connectivity index (χ2n) is 7.05. The van der Waals surface area contributed by atoms with Gasteiger partial charge in [0.05, 0.1) is 10.6 Å². The quantitative estimate of drug-likeness (QED) is 0.434. The maximum absolute atomic E-state index is 12.8. The highest BCUT2D eigenvalue weighted by atomic mass is 32.2. The Morgan fingerprint density at radius 3 is 2.26 bits per heavy atom. The third-order valence-electron chi connectivity index (χ3n) is 4.88. The van der Waals surface area contributed by atoms with Crippen LogP contribution in [0.1, 0.15) is 5.89 Å². The van der Waals surface area contributed by atoms with Crippen molar-refractivity contribution in [2.75, 3.05) is 4.72 Å². The van der Waals surface area contributed by atoms with Crippen molar-refractivity contribution in [2.45, 2.75) is 11.8 Å². The Labute approximate surface area is 179 Å². The molecule has 0 spiro atoms. The second kappa shape index (κ2) is 7.41. The molecule has 0 fully saturated rings. The molecule has 5 aromatic rings. The van der Waals surface area contributed by atoms with Gasteiger partial charge in [-0.1, -0.05) is 30.3 Å². The highest BCUT2D eigenvalue weighted by Gasteiger charge is 2.15. The average molecular weight is 430 g/mol. The Bertz CT molecular complexity index is 1430. The monoisotopic (exact) mass is 430 g/mol. The van der Waals surface area contributed by atoms with Crippen LogP contribution in [0.4, 0.5) is 5.69 Å². The molecule has 0 aliphatic rings. The Morgan fingerprint density at radius 1 is 0.871 bits per heavy atom. The molecule has 7 nitrogen and oxygen atoms in total. The number of rotatable bonds is 5. The summed E-state index contributed by atoms with van der Waals surface area (Å²) in [5, 5.41) is 0. The number of hydrogen-bond acceptors (Lipinski definition) is 5. The van der Waals surface area contributed by atoms with Crippen LogP contribution in [0.2, 0.25) is 0 Å². The van der Waals surface area contributed by atoms with Gasteiger partial charge in [-0.05, 0) is 36.4 Å². The van der Waals surface area contributed by atoms with E-state index in [2.05, 4.69) is 14.7 Å². The number of aryl methyl sites for hydroxylation is 1. The highest BCUT2D eigenvalue weighted by Crippen LogP contribution is 2.24. The summed E-state index contributed by atoms with van der Waals surface area (Å²) in [6, 6.07) is 19.5. The number of pyridine rings is 1. The standard InChI is InChI=1S/C23H18N4O3S/c1-16-24-22(15-30-16)18-7-11-20(12-8-18)31(28,29)26-19-9-5-17(6-10-19)21-14-27-13-3-2-4-23(27)25-21/h2-15,26H,1H3. The summed E-state index contributed by atoms with van der Waals surface area (Å²) < 4.78 is 35.3. The normalized spacial score (nSPS) is 11.6. The number of imidazole rings is 1. The van der Waals surface area contributed by atoms with Gasteiger partial charge >= 0.3 is 0 Å². The molecule has 8 heteroatoms. The minimum atomic E-state index is -3.72. The van der Waals surface area contributed by atoms with E-state index in [4.69, 9.17) is 4.42 Å². The number of fused-ring (bicyclic) bond motifs is 1. The largest absolute Gasteiger partial charge is 0.449 e. The number of hydrogen-bond donors (Lipinski definition) is 1. The first-order valence-corrected chi connectivity index (χ1v) is 11.1. The SMILES string of the molecule is Cc1nc(-c2ccc(S(=O)(=O)Nc3ccc(-c4cn5ccccc5n4)cc3)cc2)co1. The molecule has 0 saturated heterocycles. The van der Waals surface area contributed by atoms with Crippen molar-refractivity contribution in [3.63, 3.8) is 0 Å². The summed E-state index contributed by atoms with van der Waals surface area (Å²) in [6.07, 6.45) is 5.41. The first-order valence-electron chi connectivity index (χ1n) is 9.57. The van der Waals surface area contributed by atoms with Gasteiger partial charge in [-0.2, -0.15) is 0 Å². The van der Waals surface area contributed by atoms with Crippen LogP contribution in [-0.2, 0) is 10.0 Å². The smallest absolute Gasteiger partial charge is 0.261 e. The van der Waals surface area contributed by atoms with Gasteiger partial charge in [-0.3, -0.25) is 4.72 Å². The zero-order valence-electron chi connectivity index (χ0n) is 16.6. The molecule has 0 saturated carbocycles. The minimum absolute atomic E-state index is 0.167. The van der Waals surface area contributed by atoms with Crippen molar-refractivity contribution >= 4 is 21.4 Å². The molecule has 5 rings (SSSR count). The third-order valence-corrected chi connectivity index (χ3v) is 6.27. The Hall–Kier alpha value is -3.91. The lowest BCUT2D eigenvalue weighted by molar-refractivity contribution is 0.521. The van der Waals surface area contributed by atoms with E-state index < -0.39 is 10.0 Å². The van der Waals surface area contributed by atoms with E-state index in [-0.39, 0.29) is 4.90 Å². The van der Waals surface area contributed by atoms with E-state index in [9.17, 15) is 8.42 Å². The highest BCUT2D eigenvalue weighted by molar-refractivity contribution is 7.92. The van der Waals surface area contributed by atoms with Crippen LogP contribution < -0.4 is 4.72 Å². The van der Waals surface area contributed by atoms with Crippen LogP contribution >= 0.6 is 0 Å². The molecule has 31 heavy (non-hydrogen) atoms. The molecule has 154 valence electrons. The summed E-state index contributed by atoms with van der Waals surface area (Å²) in [5.74, 6) is 0.556. The number of sulfonamides is 1. The van der Waals surface area contributed by atoms with Crippen LogP contribution in [0.3, 0.4) is 0 Å². The molecule has 1 N–H and O–H groups in total. The van der Waals surface area contributed by atoms with E-state index in [1.165, 1.54) is 0 Å².